The summed E-state index contributed by atoms with van der Waals surface area (Å²) in [5, 5.41) is 9.06. The van der Waals surface area contributed by atoms with Gasteiger partial charge in [0.15, 0.2) is 5.96 Å². The Labute approximate surface area is 177 Å². The highest BCUT2D eigenvalue weighted by atomic mass is 127. The predicted octanol–water partition coefficient (Wildman–Crippen LogP) is 2.72. The van der Waals surface area contributed by atoms with Crippen LogP contribution in [0.2, 0.25) is 0 Å². The third-order valence-corrected chi connectivity index (χ3v) is 3.78. The molecule has 0 atom stereocenters. The van der Waals surface area contributed by atoms with Crippen molar-refractivity contribution < 1.29 is 9.53 Å². The highest BCUT2D eigenvalue weighted by Crippen LogP contribution is 2.10. The summed E-state index contributed by atoms with van der Waals surface area (Å²) >= 11 is 0. The Morgan fingerprint density at radius 1 is 1.11 bits per heavy atom. The number of halogens is 1. The van der Waals surface area contributed by atoms with Gasteiger partial charge >= 0.3 is 0 Å². The maximum atomic E-state index is 11.7. The second kappa shape index (κ2) is 12.2. The van der Waals surface area contributed by atoms with Crippen molar-refractivity contribution in [1.29, 1.82) is 0 Å². The van der Waals surface area contributed by atoms with E-state index in [1.807, 2.05) is 49.4 Å². The molecule has 2 rings (SSSR count). The average Bonchev–Trinajstić information content (AvgIpc) is 2.68. The second-order valence-electron chi connectivity index (χ2n) is 5.79. The summed E-state index contributed by atoms with van der Waals surface area (Å²) in [6.07, 6.45) is 0. The van der Waals surface area contributed by atoms with Gasteiger partial charge in [-0.1, -0.05) is 29.8 Å². The van der Waals surface area contributed by atoms with Crippen LogP contribution in [-0.4, -0.2) is 39.1 Å². The quantitative estimate of drug-likeness (QED) is 0.246. The van der Waals surface area contributed by atoms with Crippen LogP contribution in [0, 0.1) is 6.92 Å². The van der Waals surface area contributed by atoms with Crippen molar-refractivity contribution >= 4 is 35.8 Å². The fourth-order valence-electron chi connectivity index (χ4n) is 2.35. The van der Waals surface area contributed by atoms with E-state index in [1.54, 1.807) is 20.2 Å². The van der Waals surface area contributed by atoms with E-state index >= 15 is 0 Å². The van der Waals surface area contributed by atoms with Crippen molar-refractivity contribution in [3.8, 4) is 5.75 Å². The van der Waals surface area contributed by atoms with E-state index in [0.29, 0.717) is 31.2 Å². The van der Waals surface area contributed by atoms with Crippen molar-refractivity contribution in [3.05, 3.63) is 65.2 Å². The number of ether oxygens (including phenoxy) is 1. The third kappa shape index (κ3) is 7.86. The number of benzene rings is 2. The smallest absolute Gasteiger partial charge is 0.251 e. The third-order valence-electron chi connectivity index (χ3n) is 3.78. The van der Waals surface area contributed by atoms with E-state index in [4.69, 9.17) is 4.74 Å². The Bertz CT molecular complexity index is 748. The van der Waals surface area contributed by atoms with Crippen LogP contribution in [0.1, 0.15) is 21.5 Å². The summed E-state index contributed by atoms with van der Waals surface area (Å²) in [5.74, 6) is 1.44. The number of nitrogens with one attached hydrogen (secondary N) is 3. The van der Waals surface area contributed by atoms with Crippen LogP contribution in [0.25, 0.3) is 0 Å². The molecule has 0 saturated heterocycles. The van der Waals surface area contributed by atoms with Crippen LogP contribution in [0.15, 0.2) is 53.5 Å². The molecule has 27 heavy (non-hydrogen) atoms. The van der Waals surface area contributed by atoms with Gasteiger partial charge in [0, 0.05) is 26.2 Å². The molecule has 0 heterocycles. The van der Waals surface area contributed by atoms with Gasteiger partial charge in [0.2, 0.25) is 0 Å². The minimum Gasteiger partial charge on any atom is -0.492 e. The number of nitrogens with zero attached hydrogens (tertiary/aromatic N) is 1. The standard InChI is InChI=1S/C20H26N4O2.HI/c1-15-7-9-18(10-8-15)26-12-11-23-20(22-3)24-14-16-5-4-6-17(13-16)19(25)21-2;/h4-10,13H,11-12,14H2,1-3H3,(H,21,25)(H2,22,23,24);1H. The molecule has 0 aromatic heterocycles. The number of aryl methyl sites for hydroxylation is 1. The number of carbonyl (C=O) groups is 1. The van der Waals surface area contributed by atoms with Crippen LogP contribution in [0.4, 0.5) is 0 Å². The van der Waals surface area contributed by atoms with Gasteiger partial charge in [-0.15, -0.1) is 24.0 Å². The zero-order valence-electron chi connectivity index (χ0n) is 15.9. The molecule has 0 unspecified atom stereocenters. The van der Waals surface area contributed by atoms with Gasteiger partial charge in [-0.25, -0.2) is 0 Å². The molecule has 6 nitrogen and oxygen atoms in total. The molecule has 0 aliphatic heterocycles. The SMILES string of the molecule is CN=C(NCCOc1ccc(C)cc1)NCc1cccc(C(=O)NC)c1.I. The van der Waals surface area contributed by atoms with Gasteiger partial charge < -0.3 is 20.7 Å². The molecule has 7 heteroatoms. The Morgan fingerprint density at radius 3 is 2.52 bits per heavy atom. The van der Waals surface area contributed by atoms with Crippen molar-refractivity contribution in [2.45, 2.75) is 13.5 Å². The molecular formula is C20H27IN4O2. The lowest BCUT2D eigenvalue weighted by molar-refractivity contribution is 0.0963. The zero-order chi connectivity index (χ0) is 18.8. The highest BCUT2D eigenvalue weighted by molar-refractivity contribution is 14.0. The molecule has 2 aromatic rings. The topological polar surface area (TPSA) is 74.8 Å². The van der Waals surface area contributed by atoms with Crippen molar-refractivity contribution in [1.82, 2.24) is 16.0 Å². The van der Waals surface area contributed by atoms with Crippen LogP contribution in [0.5, 0.6) is 5.75 Å². The van der Waals surface area contributed by atoms with Crippen LogP contribution in [0.3, 0.4) is 0 Å². The zero-order valence-corrected chi connectivity index (χ0v) is 18.2. The Hall–Kier alpha value is -2.29. The van der Waals surface area contributed by atoms with E-state index < -0.39 is 0 Å². The van der Waals surface area contributed by atoms with E-state index in [-0.39, 0.29) is 29.9 Å². The molecule has 0 aliphatic rings. The molecule has 0 radical (unpaired) electrons. The van der Waals surface area contributed by atoms with E-state index in [0.717, 1.165) is 11.3 Å². The lowest BCUT2D eigenvalue weighted by atomic mass is 10.1. The number of rotatable bonds is 7. The second-order valence-corrected chi connectivity index (χ2v) is 5.79. The number of carbonyl (C=O) groups excluding carboxylic acids is 1. The monoisotopic (exact) mass is 482 g/mol. The van der Waals surface area contributed by atoms with E-state index in [9.17, 15) is 4.79 Å². The molecule has 146 valence electrons. The predicted molar refractivity (Wildman–Crippen MR) is 120 cm³/mol. The van der Waals surface area contributed by atoms with Gasteiger partial charge in [0.1, 0.15) is 12.4 Å². The van der Waals surface area contributed by atoms with Crippen LogP contribution in [-0.2, 0) is 6.54 Å². The molecule has 3 N–H and O–H groups in total. The summed E-state index contributed by atoms with van der Waals surface area (Å²) in [6, 6.07) is 15.5. The lowest BCUT2D eigenvalue weighted by Gasteiger charge is -2.13. The molecule has 2 aromatic carbocycles. The summed E-state index contributed by atoms with van der Waals surface area (Å²) in [5.41, 5.74) is 2.85. The number of aliphatic imine (C=N–C) groups is 1. The Balaban J connectivity index is 0.00000364. The van der Waals surface area contributed by atoms with Gasteiger partial charge in [0.05, 0.1) is 6.54 Å². The molecule has 0 fully saturated rings. The normalized spacial score (nSPS) is 10.6. The molecule has 1 amide bonds. The van der Waals surface area contributed by atoms with E-state index in [2.05, 4.69) is 20.9 Å². The molecule has 0 bridgehead atoms. The molecule has 0 spiro atoms. The van der Waals surface area contributed by atoms with Gasteiger partial charge in [-0.2, -0.15) is 0 Å². The maximum absolute atomic E-state index is 11.7. The Morgan fingerprint density at radius 2 is 1.85 bits per heavy atom. The first kappa shape index (κ1) is 22.8. The first-order chi connectivity index (χ1) is 12.6. The van der Waals surface area contributed by atoms with E-state index in [1.165, 1.54) is 5.56 Å². The van der Waals surface area contributed by atoms with Crippen LogP contribution >= 0.6 is 24.0 Å². The van der Waals surface area contributed by atoms with Crippen molar-refractivity contribution in [2.75, 3.05) is 27.2 Å². The molecule has 0 saturated carbocycles. The number of amides is 1. The minimum absolute atomic E-state index is 0. The average molecular weight is 482 g/mol. The summed E-state index contributed by atoms with van der Waals surface area (Å²) in [4.78, 5) is 15.9. The fourth-order valence-corrected chi connectivity index (χ4v) is 2.35. The summed E-state index contributed by atoms with van der Waals surface area (Å²) in [6.45, 7) is 3.79. The fraction of sp³-hybridized carbons (Fsp3) is 0.300. The van der Waals surface area contributed by atoms with Gasteiger partial charge in [0.25, 0.3) is 5.91 Å². The first-order valence-electron chi connectivity index (χ1n) is 8.57. The molecule has 0 aliphatic carbocycles. The summed E-state index contributed by atoms with van der Waals surface area (Å²) in [7, 11) is 3.34. The lowest BCUT2D eigenvalue weighted by Crippen LogP contribution is -2.38. The van der Waals surface area contributed by atoms with Crippen molar-refractivity contribution in [2.24, 2.45) is 4.99 Å². The van der Waals surface area contributed by atoms with Crippen molar-refractivity contribution in [3.63, 3.8) is 0 Å². The molecular weight excluding hydrogens is 455 g/mol. The summed E-state index contributed by atoms with van der Waals surface area (Å²) < 4.78 is 5.68. The minimum atomic E-state index is -0.0948. The first-order valence-corrected chi connectivity index (χ1v) is 8.57. The van der Waals surface area contributed by atoms with Gasteiger partial charge in [-0.3, -0.25) is 9.79 Å². The number of hydrogen-bond donors (Lipinski definition) is 3. The highest BCUT2D eigenvalue weighted by Gasteiger charge is 2.04. The number of guanidine groups is 1. The number of hydrogen-bond acceptors (Lipinski definition) is 3. The van der Waals surface area contributed by atoms with Crippen LogP contribution < -0.4 is 20.7 Å². The Kier molecular flexibility index (Phi) is 10.2. The maximum Gasteiger partial charge on any atom is 0.251 e. The largest absolute Gasteiger partial charge is 0.492 e. The van der Waals surface area contributed by atoms with Gasteiger partial charge in [-0.05, 0) is 36.8 Å².